The van der Waals surface area contributed by atoms with E-state index >= 15 is 0 Å². The summed E-state index contributed by atoms with van der Waals surface area (Å²) in [6.45, 7) is -0.367. The van der Waals surface area contributed by atoms with E-state index in [1.807, 2.05) is 0 Å². The minimum atomic E-state index is -1.75. The molecule has 1 aliphatic heterocycles. The number of nitrogens with zero attached hydrogens (tertiary/aromatic N) is 2. The molecule has 0 radical (unpaired) electrons. The molecule has 0 bridgehead atoms. The zero-order valence-electron chi connectivity index (χ0n) is 12.6. The number of rotatable bonds is 4. The van der Waals surface area contributed by atoms with E-state index in [1.54, 1.807) is 0 Å². The number of amides is 3. The van der Waals surface area contributed by atoms with E-state index in [9.17, 15) is 27.6 Å². The first-order chi connectivity index (χ1) is 11.9. The van der Waals surface area contributed by atoms with Crippen LogP contribution in [0.4, 0.5) is 13.2 Å². The van der Waals surface area contributed by atoms with Gasteiger partial charge in [0.2, 0.25) is 0 Å². The Bertz CT molecular complexity index is 866. The van der Waals surface area contributed by atoms with Crippen molar-refractivity contribution in [1.82, 2.24) is 15.2 Å². The second-order valence-electron chi connectivity index (χ2n) is 5.14. The molecule has 2 aromatic rings. The average molecular weight is 349 g/mol. The van der Waals surface area contributed by atoms with Crippen molar-refractivity contribution in [3.63, 3.8) is 0 Å². The van der Waals surface area contributed by atoms with Crippen molar-refractivity contribution >= 4 is 17.7 Å². The van der Waals surface area contributed by atoms with Gasteiger partial charge in [0.1, 0.15) is 5.69 Å². The van der Waals surface area contributed by atoms with Crippen LogP contribution in [0.15, 0.2) is 30.5 Å². The molecule has 3 rings (SSSR count). The van der Waals surface area contributed by atoms with Crippen LogP contribution in [0.25, 0.3) is 0 Å². The highest BCUT2D eigenvalue weighted by Crippen LogP contribution is 2.20. The van der Waals surface area contributed by atoms with Crippen molar-refractivity contribution in [3.8, 4) is 0 Å². The van der Waals surface area contributed by atoms with Gasteiger partial charge in [0.25, 0.3) is 17.7 Å². The number of halogens is 3. The van der Waals surface area contributed by atoms with Gasteiger partial charge in [-0.25, -0.2) is 13.2 Å². The van der Waals surface area contributed by atoms with Crippen molar-refractivity contribution in [3.05, 3.63) is 64.7 Å². The van der Waals surface area contributed by atoms with Crippen molar-refractivity contribution in [2.45, 2.75) is 0 Å². The molecule has 9 heteroatoms. The number of pyridine rings is 1. The van der Waals surface area contributed by atoms with Gasteiger partial charge in [0.15, 0.2) is 17.5 Å². The number of aromatic nitrogens is 1. The maximum absolute atomic E-state index is 13.5. The quantitative estimate of drug-likeness (QED) is 0.671. The van der Waals surface area contributed by atoms with Crippen LogP contribution in [-0.2, 0) is 0 Å². The summed E-state index contributed by atoms with van der Waals surface area (Å²) in [5.41, 5.74) is -0.501. The number of carbonyl (C=O) groups is 3. The maximum Gasteiger partial charge on any atom is 0.280 e. The van der Waals surface area contributed by atoms with E-state index in [-0.39, 0.29) is 24.3 Å². The third-order valence-electron chi connectivity index (χ3n) is 3.63. The van der Waals surface area contributed by atoms with Crippen molar-refractivity contribution in [2.75, 3.05) is 13.1 Å². The lowest BCUT2D eigenvalue weighted by atomic mass is 10.2. The zero-order chi connectivity index (χ0) is 18.1. The molecule has 0 aliphatic carbocycles. The van der Waals surface area contributed by atoms with Gasteiger partial charge in [-0.2, -0.15) is 0 Å². The number of carbonyl (C=O) groups excluding carboxylic acids is 3. The molecule has 0 atom stereocenters. The number of hydrogen-bond donors (Lipinski definition) is 1. The van der Waals surface area contributed by atoms with E-state index in [4.69, 9.17) is 0 Å². The number of nitrogens with one attached hydrogen (secondary N) is 1. The Morgan fingerprint density at radius 2 is 1.84 bits per heavy atom. The predicted octanol–water partition coefficient (Wildman–Crippen LogP) is 1.52. The number of imide groups is 1. The van der Waals surface area contributed by atoms with Gasteiger partial charge in [-0.15, -0.1) is 0 Å². The monoisotopic (exact) mass is 349 g/mol. The fourth-order valence-electron chi connectivity index (χ4n) is 2.39. The minimum Gasteiger partial charge on any atom is -0.350 e. The van der Waals surface area contributed by atoms with E-state index in [0.29, 0.717) is 6.07 Å². The Kier molecular flexibility index (Phi) is 4.22. The summed E-state index contributed by atoms with van der Waals surface area (Å²) in [5, 5.41) is 2.25. The van der Waals surface area contributed by atoms with Crippen LogP contribution >= 0.6 is 0 Å². The van der Waals surface area contributed by atoms with Crippen molar-refractivity contribution in [2.24, 2.45) is 0 Å². The van der Waals surface area contributed by atoms with Gasteiger partial charge < -0.3 is 5.32 Å². The largest absolute Gasteiger partial charge is 0.350 e. The first kappa shape index (κ1) is 16.6. The van der Waals surface area contributed by atoms with Gasteiger partial charge in [-0.1, -0.05) is 0 Å². The lowest BCUT2D eigenvalue weighted by molar-refractivity contribution is 0.0648. The summed E-state index contributed by atoms with van der Waals surface area (Å²) in [6, 6.07) is 4.40. The van der Waals surface area contributed by atoms with Gasteiger partial charge in [-0.05, 0) is 24.3 Å². The van der Waals surface area contributed by atoms with E-state index in [1.165, 1.54) is 18.3 Å². The third kappa shape index (κ3) is 2.84. The maximum atomic E-state index is 13.5. The molecule has 0 saturated carbocycles. The zero-order valence-corrected chi connectivity index (χ0v) is 12.6. The van der Waals surface area contributed by atoms with Gasteiger partial charge >= 0.3 is 0 Å². The Morgan fingerprint density at radius 1 is 1.08 bits per heavy atom. The van der Waals surface area contributed by atoms with Crippen LogP contribution in [0.1, 0.15) is 31.2 Å². The molecule has 1 aliphatic rings. The normalized spacial score (nSPS) is 13.2. The SMILES string of the molecule is O=C(NCCN1C(=O)c2cccnc2C1=O)c1ccc(F)c(F)c1F. The van der Waals surface area contributed by atoms with E-state index in [2.05, 4.69) is 10.3 Å². The summed E-state index contributed by atoms with van der Waals surface area (Å²) in [4.78, 5) is 40.7. The molecule has 6 nitrogen and oxygen atoms in total. The molecular formula is C16H10F3N3O3. The second-order valence-corrected chi connectivity index (χ2v) is 5.14. The molecule has 0 spiro atoms. The number of hydrogen-bond acceptors (Lipinski definition) is 4. The fraction of sp³-hybridized carbons (Fsp3) is 0.125. The molecule has 1 N–H and O–H groups in total. The smallest absolute Gasteiger partial charge is 0.280 e. The van der Waals surface area contributed by atoms with E-state index in [0.717, 1.165) is 11.0 Å². The molecule has 3 amide bonds. The van der Waals surface area contributed by atoms with Crippen LogP contribution in [0.5, 0.6) is 0 Å². The molecule has 2 heterocycles. The predicted molar refractivity (Wildman–Crippen MR) is 78.3 cm³/mol. The van der Waals surface area contributed by atoms with E-state index < -0.39 is 40.7 Å². The molecule has 1 aromatic heterocycles. The highest BCUT2D eigenvalue weighted by Gasteiger charge is 2.36. The lowest BCUT2D eigenvalue weighted by Crippen LogP contribution is -2.38. The number of benzene rings is 1. The molecule has 0 saturated heterocycles. The molecule has 0 unspecified atom stereocenters. The fourth-order valence-corrected chi connectivity index (χ4v) is 2.39. The first-order valence-electron chi connectivity index (χ1n) is 7.14. The van der Waals surface area contributed by atoms with Gasteiger partial charge in [0.05, 0.1) is 11.1 Å². The average Bonchev–Trinajstić information content (AvgIpc) is 2.85. The Morgan fingerprint density at radius 3 is 2.56 bits per heavy atom. The van der Waals surface area contributed by atoms with Crippen molar-refractivity contribution in [1.29, 1.82) is 0 Å². The lowest BCUT2D eigenvalue weighted by Gasteiger charge is -2.14. The Labute approximate surface area is 139 Å². The van der Waals surface area contributed by atoms with Crippen LogP contribution in [0.3, 0.4) is 0 Å². The van der Waals surface area contributed by atoms with Crippen LogP contribution in [0.2, 0.25) is 0 Å². The summed E-state index contributed by atoms with van der Waals surface area (Å²) >= 11 is 0. The van der Waals surface area contributed by atoms with Crippen LogP contribution in [-0.4, -0.2) is 40.7 Å². The summed E-state index contributed by atoms with van der Waals surface area (Å²) in [6.07, 6.45) is 1.38. The molecular weight excluding hydrogens is 339 g/mol. The van der Waals surface area contributed by atoms with Gasteiger partial charge in [0, 0.05) is 19.3 Å². The topological polar surface area (TPSA) is 79.4 Å². The molecule has 25 heavy (non-hydrogen) atoms. The highest BCUT2D eigenvalue weighted by atomic mass is 19.2. The Hall–Kier alpha value is -3.23. The number of fused-ring (bicyclic) bond motifs is 1. The van der Waals surface area contributed by atoms with Crippen LogP contribution < -0.4 is 5.32 Å². The standard InChI is InChI=1S/C16H10F3N3O3/c17-10-4-3-8(11(18)12(10)19)14(23)21-6-7-22-15(24)9-2-1-5-20-13(9)16(22)25/h1-5H,6-7H2,(H,21,23). The Balaban J connectivity index is 1.64. The first-order valence-corrected chi connectivity index (χ1v) is 7.14. The van der Waals surface area contributed by atoms with Crippen LogP contribution in [0, 0.1) is 17.5 Å². The summed E-state index contributed by atoms with van der Waals surface area (Å²) in [7, 11) is 0. The summed E-state index contributed by atoms with van der Waals surface area (Å²) in [5.74, 6) is -6.92. The summed E-state index contributed by atoms with van der Waals surface area (Å²) < 4.78 is 39.5. The minimum absolute atomic E-state index is 0.0190. The molecule has 0 fully saturated rings. The van der Waals surface area contributed by atoms with Crippen molar-refractivity contribution < 1.29 is 27.6 Å². The van der Waals surface area contributed by atoms with Gasteiger partial charge in [-0.3, -0.25) is 24.3 Å². The molecule has 128 valence electrons. The highest BCUT2D eigenvalue weighted by molar-refractivity contribution is 6.20. The third-order valence-corrected chi connectivity index (χ3v) is 3.63. The second kappa shape index (κ2) is 6.34. The molecule has 1 aromatic carbocycles.